The highest BCUT2D eigenvalue weighted by Gasteiger charge is 2.32. The summed E-state index contributed by atoms with van der Waals surface area (Å²) in [7, 11) is 0. The zero-order valence-corrected chi connectivity index (χ0v) is 16.9. The molecule has 8 heteroatoms. The van der Waals surface area contributed by atoms with Crippen LogP contribution in [0.15, 0.2) is 34.1 Å². The molecule has 0 fully saturated rings. The molecule has 0 saturated heterocycles. The van der Waals surface area contributed by atoms with Crippen LogP contribution in [-0.4, -0.2) is 26.2 Å². The maximum atomic E-state index is 12.6. The van der Waals surface area contributed by atoms with E-state index in [1.165, 1.54) is 27.7 Å². The first kappa shape index (κ1) is 20.2. The van der Waals surface area contributed by atoms with Crippen molar-refractivity contribution in [2.75, 3.05) is 0 Å². The number of amides is 1. The zero-order valence-electron chi connectivity index (χ0n) is 15.3. The van der Waals surface area contributed by atoms with E-state index >= 15 is 0 Å². The van der Waals surface area contributed by atoms with Crippen LogP contribution in [0.5, 0.6) is 0 Å². The Labute approximate surface area is 160 Å². The Bertz CT molecular complexity index is 925. The molecule has 0 aliphatic carbocycles. The fraction of sp³-hybridized carbons (Fsp3) is 0.444. The molecule has 0 aromatic carbocycles. The maximum Gasteiger partial charge on any atom is 0.272 e. The van der Waals surface area contributed by atoms with Crippen LogP contribution in [-0.2, 0) is 11.3 Å². The van der Waals surface area contributed by atoms with Gasteiger partial charge in [-0.3, -0.25) is 14.2 Å². The van der Waals surface area contributed by atoms with Crippen molar-refractivity contribution in [3.05, 3.63) is 34.5 Å². The summed E-state index contributed by atoms with van der Waals surface area (Å²) in [6, 6.07) is 3.96. The minimum atomic E-state index is -0.947. The molecule has 2 heterocycles. The zero-order chi connectivity index (χ0) is 19.5. The third kappa shape index (κ3) is 4.00. The second-order valence-electron chi connectivity index (χ2n) is 6.45. The van der Waals surface area contributed by atoms with E-state index in [1.54, 1.807) is 26.0 Å². The summed E-state index contributed by atoms with van der Waals surface area (Å²) in [5.41, 5.74) is -0.458. The average Bonchev–Trinajstić information content (AvgIpc) is 3.06. The Kier molecular flexibility index (Phi) is 6.26. The molecule has 2 aromatic rings. The third-order valence-corrected chi connectivity index (χ3v) is 6.25. The van der Waals surface area contributed by atoms with Gasteiger partial charge in [0, 0.05) is 6.54 Å². The van der Waals surface area contributed by atoms with Gasteiger partial charge in [0.2, 0.25) is 5.91 Å². The minimum absolute atomic E-state index is 0.0344. The van der Waals surface area contributed by atoms with Crippen LogP contribution < -0.4 is 10.9 Å². The molecular formula is C18H22N4O2S2. The van der Waals surface area contributed by atoms with Crippen LogP contribution in [0.3, 0.4) is 0 Å². The number of thiophene rings is 1. The minimum Gasteiger partial charge on any atom is -0.337 e. The second-order valence-corrected chi connectivity index (χ2v) is 8.68. The molecule has 2 aromatic heterocycles. The summed E-state index contributed by atoms with van der Waals surface area (Å²) in [6.07, 6.45) is 1.63. The molecule has 0 aliphatic rings. The Morgan fingerprint density at radius 2 is 2.27 bits per heavy atom. The number of thioether (sulfide) groups is 1. The standard InChI is InChI=1S/C18H22N4O2S2/c1-6-8-22-16(24)14-13(7-9-25-14)20-17(22)26-12(4)15(23)21-18(5,10-19)11(2)3/h6-7,9,11-12H,1,8H2,2-5H3,(H,21,23)/t12-,18-/m0/s1. The largest absolute Gasteiger partial charge is 0.337 e. The van der Waals surface area contributed by atoms with Crippen molar-refractivity contribution in [3.63, 3.8) is 0 Å². The number of carbonyl (C=O) groups excluding carboxylic acids is 1. The van der Waals surface area contributed by atoms with Gasteiger partial charge < -0.3 is 5.32 Å². The van der Waals surface area contributed by atoms with Gasteiger partial charge in [-0.2, -0.15) is 5.26 Å². The molecule has 0 spiro atoms. The van der Waals surface area contributed by atoms with E-state index in [9.17, 15) is 14.9 Å². The number of hydrogen-bond donors (Lipinski definition) is 1. The lowest BCUT2D eigenvalue weighted by Gasteiger charge is -2.28. The molecule has 1 amide bonds. The van der Waals surface area contributed by atoms with Gasteiger partial charge in [0.15, 0.2) is 5.16 Å². The summed E-state index contributed by atoms with van der Waals surface area (Å²) in [4.78, 5) is 29.8. The van der Waals surface area contributed by atoms with Gasteiger partial charge in [0.25, 0.3) is 5.56 Å². The van der Waals surface area contributed by atoms with Gasteiger partial charge in [-0.25, -0.2) is 4.98 Å². The number of carbonyl (C=O) groups is 1. The van der Waals surface area contributed by atoms with Crippen LogP contribution in [0.2, 0.25) is 0 Å². The molecule has 26 heavy (non-hydrogen) atoms. The van der Waals surface area contributed by atoms with E-state index in [2.05, 4.69) is 22.9 Å². The highest BCUT2D eigenvalue weighted by atomic mass is 32.2. The van der Waals surface area contributed by atoms with Gasteiger partial charge in [-0.05, 0) is 31.2 Å². The van der Waals surface area contributed by atoms with Gasteiger partial charge in [-0.1, -0.05) is 31.7 Å². The number of rotatable bonds is 7. The highest BCUT2D eigenvalue weighted by molar-refractivity contribution is 8.00. The van der Waals surface area contributed by atoms with Crippen LogP contribution >= 0.6 is 23.1 Å². The molecule has 6 nitrogen and oxygen atoms in total. The third-order valence-electron chi connectivity index (χ3n) is 4.26. The van der Waals surface area contributed by atoms with E-state index in [0.29, 0.717) is 21.9 Å². The van der Waals surface area contributed by atoms with Crippen LogP contribution in [0.4, 0.5) is 0 Å². The lowest BCUT2D eigenvalue weighted by Crippen LogP contribution is -2.51. The second kappa shape index (κ2) is 8.06. The van der Waals surface area contributed by atoms with Gasteiger partial charge in [0.1, 0.15) is 10.2 Å². The Balaban J connectivity index is 2.31. The van der Waals surface area contributed by atoms with Crippen molar-refractivity contribution in [2.24, 2.45) is 5.92 Å². The molecule has 138 valence electrons. The molecule has 2 atom stereocenters. The molecule has 0 radical (unpaired) electrons. The lowest BCUT2D eigenvalue weighted by atomic mass is 9.90. The quantitative estimate of drug-likeness (QED) is 0.446. The first-order chi connectivity index (χ1) is 12.2. The van der Waals surface area contributed by atoms with E-state index in [0.717, 1.165) is 0 Å². The first-order valence-corrected chi connectivity index (χ1v) is 9.98. The lowest BCUT2D eigenvalue weighted by molar-refractivity contribution is -0.121. The normalized spacial score (nSPS) is 14.6. The molecule has 0 unspecified atom stereocenters. The van der Waals surface area contributed by atoms with Gasteiger partial charge in [0.05, 0.1) is 16.8 Å². The van der Waals surface area contributed by atoms with Gasteiger partial charge >= 0.3 is 0 Å². The topological polar surface area (TPSA) is 87.8 Å². The Morgan fingerprint density at radius 3 is 2.85 bits per heavy atom. The van der Waals surface area contributed by atoms with Crippen molar-refractivity contribution in [1.29, 1.82) is 5.26 Å². The van der Waals surface area contributed by atoms with Crippen molar-refractivity contribution in [3.8, 4) is 6.07 Å². The monoisotopic (exact) mass is 390 g/mol. The van der Waals surface area contributed by atoms with Gasteiger partial charge in [-0.15, -0.1) is 17.9 Å². The summed E-state index contributed by atoms with van der Waals surface area (Å²) < 4.78 is 2.11. The molecule has 0 saturated carbocycles. The number of nitrogens with zero attached hydrogens (tertiary/aromatic N) is 3. The van der Waals surface area contributed by atoms with Crippen LogP contribution in [0, 0.1) is 17.2 Å². The van der Waals surface area contributed by atoms with Crippen molar-refractivity contribution in [1.82, 2.24) is 14.9 Å². The van der Waals surface area contributed by atoms with E-state index in [1.807, 2.05) is 19.2 Å². The van der Waals surface area contributed by atoms with Crippen molar-refractivity contribution < 1.29 is 4.79 Å². The fourth-order valence-electron chi connectivity index (χ4n) is 2.17. The number of fused-ring (bicyclic) bond motifs is 1. The molecule has 1 N–H and O–H groups in total. The smallest absolute Gasteiger partial charge is 0.272 e. The highest BCUT2D eigenvalue weighted by Crippen LogP contribution is 2.25. The summed E-state index contributed by atoms with van der Waals surface area (Å²) >= 11 is 2.55. The summed E-state index contributed by atoms with van der Waals surface area (Å²) in [5.74, 6) is -0.301. The molecule has 2 rings (SSSR count). The number of nitriles is 1. The van der Waals surface area contributed by atoms with E-state index in [4.69, 9.17) is 0 Å². The van der Waals surface area contributed by atoms with Crippen molar-refractivity contribution >= 4 is 39.2 Å². The van der Waals surface area contributed by atoms with E-state index in [-0.39, 0.29) is 17.4 Å². The molecule has 0 bridgehead atoms. The predicted octanol–water partition coefficient (Wildman–Crippen LogP) is 3.18. The average molecular weight is 391 g/mol. The Morgan fingerprint density at radius 1 is 1.58 bits per heavy atom. The summed E-state index contributed by atoms with van der Waals surface area (Å²) in [5, 5.41) is 14.0. The first-order valence-electron chi connectivity index (χ1n) is 8.22. The van der Waals surface area contributed by atoms with Crippen molar-refractivity contribution in [2.45, 2.75) is 50.2 Å². The molecular weight excluding hydrogens is 368 g/mol. The van der Waals surface area contributed by atoms with Crippen LogP contribution in [0.1, 0.15) is 27.7 Å². The van der Waals surface area contributed by atoms with Crippen LogP contribution in [0.25, 0.3) is 10.2 Å². The molecule has 0 aliphatic heterocycles. The number of aromatic nitrogens is 2. The number of nitrogens with one attached hydrogen (secondary N) is 1. The SMILES string of the molecule is C=CCn1c(S[C@@H](C)C(=O)N[C@@](C)(C#N)C(C)C)nc2ccsc2c1=O. The Hall–Kier alpha value is -2.11. The summed E-state index contributed by atoms with van der Waals surface area (Å²) in [6.45, 7) is 11.2. The number of hydrogen-bond acceptors (Lipinski definition) is 6. The fourth-order valence-corrected chi connectivity index (χ4v) is 3.87. The number of allylic oxidation sites excluding steroid dienone is 1. The van der Waals surface area contributed by atoms with E-state index < -0.39 is 10.8 Å². The maximum absolute atomic E-state index is 12.6. The predicted molar refractivity (Wildman–Crippen MR) is 106 cm³/mol.